The lowest BCUT2D eigenvalue weighted by Crippen LogP contribution is -2.00. The van der Waals surface area contributed by atoms with Crippen molar-refractivity contribution in [2.45, 2.75) is 0 Å². The normalized spacial score (nSPS) is 11.3. The third-order valence-corrected chi connectivity index (χ3v) is 12.0. The number of hydrogen-bond donors (Lipinski definition) is 0. The minimum Gasteiger partial charge on any atom is -0.208 e. The van der Waals surface area contributed by atoms with Crippen molar-refractivity contribution in [3.05, 3.63) is 206 Å². The summed E-state index contributed by atoms with van der Waals surface area (Å²) in [5, 5.41) is 2.48. The SMILES string of the molecule is c1ccc(-c2nc(-c3ccccc3)nc(-c3ccc(-c4cccc5c4sc4cccc(-c6ccc(-c7nc(-c8ccccc8)nc(-c8ccccc8)n7)cc6)c45)cc3)n2)cc1. The highest BCUT2D eigenvalue weighted by molar-refractivity contribution is 7.26. The Kier molecular flexibility index (Phi) is 9.26. The molecule has 0 N–H and O–H groups in total. The molecule has 0 aliphatic heterocycles. The van der Waals surface area contributed by atoms with Crippen LogP contribution in [0.5, 0.6) is 0 Å². The second kappa shape index (κ2) is 15.6. The van der Waals surface area contributed by atoms with Gasteiger partial charge in [0.05, 0.1) is 0 Å². The molecule has 0 saturated carbocycles. The molecule has 0 saturated heterocycles. The van der Waals surface area contributed by atoms with E-state index in [1.807, 2.05) is 133 Å². The van der Waals surface area contributed by atoms with E-state index in [1.165, 1.54) is 31.3 Å². The van der Waals surface area contributed by atoms with Crippen LogP contribution in [0.15, 0.2) is 206 Å². The molecule has 6 nitrogen and oxygen atoms in total. The van der Waals surface area contributed by atoms with Gasteiger partial charge in [-0.05, 0) is 28.3 Å². The maximum absolute atomic E-state index is 4.95. The third-order valence-electron chi connectivity index (χ3n) is 10.8. The molecule has 0 unspecified atom stereocenters. The molecule has 0 aliphatic rings. The first-order valence-corrected chi connectivity index (χ1v) is 20.9. The van der Waals surface area contributed by atoms with Gasteiger partial charge in [-0.2, -0.15) is 0 Å². The lowest BCUT2D eigenvalue weighted by molar-refractivity contribution is 1.07. The topological polar surface area (TPSA) is 77.3 Å². The summed E-state index contributed by atoms with van der Waals surface area (Å²) in [6, 6.07) is 70.7. The molecule has 286 valence electrons. The molecule has 61 heavy (non-hydrogen) atoms. The van der Waals surface area contributed by atoms with Gasteiger partial charge in [0.1, 0.15) is 0 Å². The van der Waals surface area contributed by atoms with Gasteiger partial charge < -0.3 is 0 Å². The fourth-order valence-corrected chi connectivity index (χ4v) is 9.05. The minimum absolute atomic E-state index is 0.637. The molecule has 0 spiro atoms. The van der Waals surface area contributed by atoms with Crippen LogP contribution in [-0.4, -0.2) is 29.9 Å². The van der Waals surface area contributed by atoms with Crippen molar-refractivity contribution in [3.8, 4) is 90.6 Å². The molecule has 11 rings (SSSR count). The Hall–Kier alpha value is -8.00. The van der Waals surface area contributed by atoms with E-state index in [9.17, 15) is 0 Å². The molecule has 0 aliphatic carbocycles. The Bertz CT molecular complexity index is 3200. The van der Waals surface area contributed by atoms with E-state index in [4.69, 9.17) is 29.9 Å². The number of aromatic nitrogens is 6. The van der Waals surface area contributed by atoms with Gasteiger partial charge in [-0.25, -0.2) is 29.9 Å². The van der Waals surface area contributed by atoms with Gasteiger partial charge in [-0.1, -0.05) is 200 Å². The molecule has 0 atom stereocenters. The zero-order chi connectivity index (χ0) is 40.5. The van der Waals surface area contributed by atoms with Gasteiger partial charge in [-0.3, -0.25) is 0 Å². The van der Waals surface area contributed by atoms with Crippen molar-refractivity contribution < 1.29 is 0 Å². The molecule has 0 radical (unpaired) electrons. The van der Waals surface area contributed by atoms with Gasteiger partial charge in [0.25, 0.3) is 0 Å². The standard InChI is InChI=1S/C54H34N6S/c1-5-15-37(16-6-1)49-55-50(38-17-7-2-8-18-38)58-53(57-49)41-31-27-35(28-32-41)43-23-14-26-46-47(43)45-25-13-24-44(48(45)61-46)36-29-33-42(34-30-36)54-59-51(39-19-9-3-10-20-39)56-52(60-54)40-21-11-4-12-22-40/h1-34H. The second-order valence-electron chi connectivity index (χ2n) is 14.7. The van der Waals surface area contributed by atoms with Crippen molar-refractivity contribution in [1.82, 2.24) is 29.9 Å². The zero-order valence-corrected chi connectivity index (χ0v) is 33.5. The van der Waals surface area contributed by atoms with Gasteiger partial charge >= 0.3 is 0 Å². The molecule has 0 amide bonds. The van der Waals surface area contributed by atoms with Crippen molar-refractivity contribution in [3.63, 3.8) is 0 Å². The van der Waals surface area contributed by atoms with Crippen LogP contribution in [0.25, 0.3) is 111 Å². The van der Waals surface area contributed by atoms with E-state index in [2.05, 4.69) is 84.9 Å². The van der Waals surface area contributed by atoms with E-state index < -0.39 is 0 Å². The summed E-state index contributed by atoms with van der Waals surface area (Å²) >= 11 is 1.83. The van der Waals surface area contributed by atoms with Crippen molar-refractivity contribution in [2.24, 2.45) is 0 Å². The largest absolute Gasteiger partial charge is 0.208 e. The van der Waals surface area contributed by atoms with Crippen LogP contribution < -0.4 is 0 Å². The Balaban J connectivity index is 0.944. The fraction of sp³-hybridized carbons (Fsp3) is 0. The Morgan fingerprint density at radius 3 is 0.951 bits per heavy atom. The third kappa shape index (κ3) is 7.03. The summed E-state index contributed by atoms with van der Waals surface area (Å²) < 4.78 is 2.49. The monoisotopic (exact) mass is 798 g/mol. The minimum atomic E-state index is 0.637. The molecule has 0 fully saturated rings. The summed E-state index contributed by atoms with van der Waals surface area (Å²) in [6.07, 6.45) is 0. The number of nitrogens with zero attached hydrogens (tertiary/aromatic N) is 6. The van der Waals surface area contributed by atoms with Crippen LogP contribution in [0.2, 0.25) is 0 Å². The summed E-state index contributed by atoms with van der Waals surface area (Å²) in [4.78, 5) is 29.5. The van der Waals surface area contributed by atoms with Gasteiger partial charge in [0.15, 0.2) is 34.9 Å². The molecule has 8 aromatic carbocycles. The summed E-state index contributed by atoms with van der Waals surface area (Å²) in [6.45, 7) is 0. The number of fused-ring (bicyclic) bond motifs is 3. The summed E-state index contributed by atoms with van der Waals surface area (Å²) in [7, 11) is 0. The maximum atomic E-state index is 4.95. The highest BCUT2D eigenvalue weighted by atomic mass is 32.1. The Labute approximate surface area is 356 Å². The van der Waals surface area contributed by atoms with Crippen molar-refractivity contribution in [2.75, 3.05) is 0 Å². The van der Waals surface area contributed by atoms with Gasteiger partial charge in [0, 0.05) is 53.6 Å². The van der Waals surface area contributed by atoms with E-state index in [1.54, 1.807) is 0 Å². The van der Waals surface area contributed by atoms with E-state index in [0.717, 1.165) is 44.5 Å². The summed E-state index contributed by atoms with van der Waals surface area (Å²) in [5.41, 5.74) is 10.3. The van der Waals surface area contributed by atoms with Crippen LogP contribution in [-0.2, 0) is 0 Å². The second-order valence-corrected chi connectivity index (χ2v) is 15.7. The predicted octanol–water partition coefficient (Wildman–Crippen LogP) is 13.8. The first-order valence-electron chi connectivity index (χ1n) is 20.1. The average molecular weight is 799 g/mol. The van der Waals surface area contributed by atoms with Crippen LogP contribution in [0.1, 0.15) is 0 Å². The molecule has 11 aromatic rings. The zero-order valence-electron chi connectivity index (χ0n) is 32.7. The van der Waals surface area contributed by atoms with Crippen LogP contribution in [0.3, 0.4) is 0 Å². The first kappa shape index (κ1) is 36.1. The predicted molar refractivity (Wildman–Crippen MR) is 250 cm³/mol. The molecule has 0 bridgehead atoms. The number of hydrogen-bond acceptors (Lipinski definition) is 7. The number of benzene rings is 8. The highest BCUT2D eigenvalue weighted by Gasteiger charge is 2.17. The number of rotatable bonds is 8. The smallest absolute Gasteiger partial charge is 0.164 e. The van der Waals surface area contributed by atoms with E-state index in [-0.39, 0.29) is 0 Å². The molecular weight excluding hydrogens is 765 g/mol. The van der Waals surface area contributed by atoms with Gasteiger partial charge in [-0.15, -0.1) is 11.3 Å². The van der Waals surface area contributed by atoms with Crippen LogP contribution in [0.4, 0.5) is 0 Å². The Morgan fingerprint density at radius 1 is 0.246 bits per heavy atom. The summed E-state index contributed by atoms with van der Waals surface area (Å²) in [5.74, 6) is 3.86. The van der Waals surface area contributed by atoms with Crippen LogP contribution >= 0.6 is 11.3 Å². The molecule has 3 aromatic heterocycles. The molecular formula is C54H34N6S. The maximum Gasteiger partial charge on any atom is 0.164 e. The van der Waals surface area contributed by atoms with Crippen molar-refractivity contribution >= 4 is 31.5 Å². The quantitative estimate of drug-likeness (QED) is 0.152. The average Bonchev–Trinajstić information content (AvgIpc) is 3.74. The molecule has 7 heteroatoms. The lowest BCUT2D eigenvalue weighted by Gasteiger charge is -2.10. The lowest BCUT2D eigenvalue weighted by atomic mass is 9.96. The highest BCUT2D eigenvalue weighted by Crippen LogP contribution is 2.44. The van der Waals surface area contributed by atoms with E-state index in [0.29, 0.717) is 34.9 Å². The molecule has 3 heterocycles. The van der Waals surface area contributed by atoms with Gasteiger partial charge in [0.2, 0.25) is 0 Å². The Morgan fingerprint density at radius 2 is 0.557 bits per heavy atom. The van der Waals surface area contributed by atoms with E-state index >= 15 is 0 Å². The first-order chi connectivity index (χ1) is 30.2. The fourth-order valence-electron chi connectivity index (χ4n) is 7.79. The van der Waals surface area contributed by atoms with Crippen molar-refractivity contribution in [1.29, 1.82) is 0 Å². The number of thiophene rings is 1. The van der Waals surface area contributed by atoms with Crippen LogP contribution in [0, 0.1) is 0 Å².